The second-order valence-electron chi connectivity index (χ2n) is 6.23. The minimum Gasteiger partial charge on any atom is -0.478 e. The van der Waals surface area contributed by atoms with Crippen LogP contribution in [0.25, 0.3) is 0 Å². The first-order valence-electron chi connectivity index (χ1n) is 9.98. The molecule has 0 aliphatic carbocycles. The minimum atomic E-state index is -0.855. The van der Waals surface area contributed by atoms with Crippen molar-refractivity contribution in [2.24, 2.45) is 0 Å². The molecule has 144 valence electrons. The van der Waals surface area contributed by atoms with E-state index >= 15 is 0 Å². The third-order valence-electron chi connectivity index (χ3n) is 3.95. The molecule has 0 fully saturated rings. The molecular weight excluding hydrogens is 320 g/mol. The zero-order valence-electron chi connectivity index (χ0n) is 16.6. The van der Waals surface area contributed by atoms with Crippen molar-refractivity contribution in [2.45, 2.75) is 71.6 Å². The standard InChI is InChI=1S/C24H36O2/c1-3-5-6-7-8-9-10-11-12-13-14-15-16-17-18-19-20-21-22-23(4-2)24(25)26/h12-22H,3-11H2,1-2H3,(H,25,26)/b13-12?,15-14?,17-16?,19-18+,21-20-,23-22-. The van der Waals surface area contributed by atoms with E-state index in [-0.39, 0.29) is 0 Å². The molecular formula is C24H36O2. The maximum Gasteiger partial charge on any atom is 0.331 e. The first kappa shape index (κ1) is 23.9. The average molecular weight is 357 g/mol. The highest BCUT2D eigenvalue weighted by Gasteiger charge is 2.00. The number of carboxylic acid groups (broad SMARTS) is 1. The summed E-state index contributed by atoms with van der Waals surface area (Å²) in [6.07, 6.45) is 32.5. The second kappa shape index (κ2) is 19.2. The van der Waals surface area contributed by atoms with Crippen LogP contribution in [-0.2, 0) is 4.79 Å². The van der Waals surface area contributed by atoms with Crippen molar-refractivity contribution in [2.75, 3.05) is 0 Å². The Labute approximate surface area is 160 Å². The van der Waals surface area contributed by atoms with E-state index in [2.05, 4.69) is 19.1 Å². The number of allylic oxidation sites excluding steroid dienone is 11. The van der Waals surface area contributed by atoms with Gasteiger partial charge in [-0.2, -0.15) is 0 Å². The number of carbonyl (C=O) groups is 1. The van der Waals surface area contributed by atoms with Crippen molar-refractivity contribution in [3.05, 3.63) is 72.4 Å². The van der Waals surface area contributed by atoms with E-state index in [1.54, 1.807) is 12.2 Å². The van der Waals surface area contributed by atoms with Crippen LogP contribution in [0.15, 0.2) is 72.4 Å². The van der Waals surface area contributed by atoms with E-state index in [0.717, 1.165) is 6.42 Å². The lowest BCUT2D eigenvalue weighted by atomic mass is 10.1. The van der Waals surface area contributed by atoms with Gasteiger partial charge in [0.1, 0.15) is 0 Å². The summed E-state index contributed by atoms with van der Waals surface area (Å²) in [6.45, 7) is 4.09. The summed E-state index contributed by atoms with van der Waals surface area (Å²) in [5.74, 6) is -0.855. The average Bonchev–Trinajstić information content (AvgIpc) is 2.63. The summed E-state index contributed by atoms with van der Waals surface area (Å²) in [5, 5.41) is 8.87. The van der Waals surface area contributed by atoms with E-state index in [1.165, 1.54) is 44.9 Å². The molecule has 2 heteroatoms. The van der Waals surface area contributed by atoms with Crippen molar-refractivity contribution in [3.63, 3.8) is 0 Å². The van der Waals surface area contributed by atoms with Crippen LogP contribution in [0.5, 0.6) is 0 Å². The number of hydrogen-bond acceptors (Lipinski definition) is 1. The van der Waals surface area contributed by atoms with Gasteiger partial charge in [-0.05, 0) is 19.3 Å². The molecule has 2 nitrogen and oxygen atoms in total. The van der Waals surface area contributed by atoms with Crippen molar-refractivity contribution in [1.82, 2.24) is 0 Å². The quantitative estimate of drug-likeness (QED) is 0.189. The first-order valence-corrected chi connectivity index (χ1v) is 9.98. The molecule has 0 aliphatic heterocycles. The fraction of sp³-hybridized carbons (Fsp3) is 0.458. The molecule has 0 aromatic carbocycles. The van der Waals surface area contributed by atoms with Crippen LogP contribution in [0.3, 0.4) is 0 Å². The third kappa shape index (κ3) is 16.8. The molecule has 1 N–H and O–H groups in total. The number of aliphatic carboxylic acids is 1. The van der Waals surface area contributed by atoms with E-state index in [9.17, 15) is 4.79 Å². The summed E-state index contributed by atoms with van der Waals surface area (Å²) < 4.78 is 0. The molecule has 0 spiro atoms. The summed E-state index contributed by atoms with van der Waals surface area (Å²) >= 11 is 0. The number of unbranched alkanes of at least 4 members (excludes halogenated alkanes) is 7. The van der Waals surface area contributed by atoms with Crippen LogP contribution < -0.4 is 0 Å². The molecule has 0 aliphatic rings. The van der Waals surface area contributed by atoms with Crippen LogP contribution in [0.2, 0.25) is 0 Å². The lowest BCUT2D eigenvalue weighted by molar-refractivity contribution is -0.132. The Hall–Kier alpha value is -2.09. The van der Waals surface area contributed by atoms with Gasteiger partial charge in [-0.15, -0.1) is 0 Å². The fourth-order valence-electron chi connectivity index (χ4n) is 2.36. The van der Waals surface area contributed by atoms with Gasteiger partial charge in [-0.1, -0.05) is 119 Å². The summed E-state index contributed by atoms with van der Waals surface area (Å²) in [4.78, 5) is 10.8. The highest BCUT2D eigenvalue weighted by Crippen LogP contribution is 2.08. The summed E-state index contributed by atoms with van der Waals surface area (Å²) in [7, 11) is 0. The van der Waals surface area contributed by atoms with Crippen LogP contribution in [0.4, 0.5) is 0 Å². The zero-order chi connectivity index (χ0) is 19.3. The molecule has 0 saturated heterocycles. The van der Waals surface area contributed by atoms with E-state index in [4.69, 9.17) is 5.11 Å². The molecule has 0 unspecified atom stereocenters. The molecule has 0 saturated carbocycles. The molecule has 0 bridgehead atoms. The van der Waals surface area contributed by atoms with Gasteiger partial charge < -0.3 is 5.11 Å². The van der Waals surface area contributed by atoms with Gasteiger partial charge in [0, 0.05) is 5.57 Å². The number of rotatable bonds is 15. The van der Waals surface area contributed by atoms with Gasteiger partial charge in [-0.25, -0.2) is 4.79 Å². The van der Waals surface area contributed by atoms with Gasteiger partial charge in [0.05, 0.1) is 0 Å². The molecule has 0 amide bonds. The number of hydrogen-bond donors (Lipinski definition) is 1. The third-order valence-corrected chi connectivity index (χ3v) is 3.95. The van der Waals surface area contributed by atoms with Crippen LogP contribution >= 0.6 is 0 Å². The maximum absolute atomic E-state index is 10.8. The Bertz CT molecular complexity index is 516. The number of carboxylic acids is 1. The molecule has 0 aromatic rings. The van der Waals surface area contributed by atoms with E-state index in [0.29, 0.717) is 12.0 Å². The molecule has 0 atom stereocenters. The SMILES string of the molecule is CCCCCCCCCC=CC=CC=C/C=C/C=C\C=C(\CC)C(=O)O. The zero-order valence-corrected chi connectivity index (χ0v) is 16.6. The Kier molecular flexibility index (Phi) is 17.7. The highest BCUT2D eigenvalue weighted by molar-refractivity contribution is 5.86. The largest absolute Gasteiger partial charge is 0.478 e. The predicted octanol–water partition coefficient (Wildman–Crippen LogP) is 7.33. The van der Waals surface area contributed by atoms with Crippen molar-refractivity contribution < 1.29 is 9.90 Å². The summed E-state index contributed by atoms with van der Waals surface area (Å²) in [6, 6.07) is 0. The first-order chi connectivity index (χ1) is 12.7. The minimum absolute atomic E-state index is 0.413. The van der Waals surface area contributed by atoms with Crippen molar-refractivity contribution >= 4 is 5.97 Å². The molecule has 0 aromatic heterocycles. The molecule has 0 radical (unpaired) electrons. The Morgan fingerprint density at radius 1 is 0.692 bits per heavy atom. The van der Waals surface area contributed by atoms with Gasteiger partial charge in [0.25, 0.3) is 0 Å². The van der Waals surface area contributed by atoms with Crippen molar-refractivity contribution in [3.8, 4) is 0 Å². The maximum atomic E-state index is 10.8. The highest BCUT2D eigenvalue weighted by atomic mass is 16.4. The van der Waals surface area contributed by atoms with Gasteiger partial charge in [0.15, 0.2) is 0 Å². The van der Waals surface area contributed by atoms with Crippen LogP contribution in [0.1, 0.15) is 71.6 Å². The van der Waals surface area contributed by atoms with E-state index in [1.807, 2.05) is 49.5 Å². The molecule has 26 heavy (non-hydrogen) atoms. The molecule has 0 rings (SSSR count). The lowest BCUT2D eigenvalue weighted by Gasteiger charge is -1.98. The normalized spacial score (nSPS) is 13.4. The Morgan fingerprint density at radius 2 is 1.19 bits per heavy atom. The van der Waals surface area contributed by atoms with Gasteiger partial charge in [0.2, 0.25) is 0 Å². The summed E-state index contributed by atoms with van der Waals surface area (Å²) in [5.41, 5.74) is 0.413. The van der Waals surface area contributed by atoms with Crippen LogP contribution in [-0.4, -0.2) is 11.1 Å². The monoisotopic (exact) mass is 356 g/mol. The smallest absolute Gasteiger partial charge is 0.331 e. The van der Waals surface area contributed by atoms with Crippen LogP contribution in [0, 0.1) is 0 Å². The molecule has 0 heterocycles. The van der Waals surface area contributed by atoms with Crippen molar-refractivity contribution in [1.29, 1.82) is 0 Å². The predicted molar refractivity (Wildman–Crippen MR) is 114 cm³/mol. The van der Waals surface area contributed by atoms with E-state index < -0.39 is 5.97 Å². The van der Waals surface area contributed by atoms with Gasteiger partial charge in [-0.3, -0.25) is 0 Å². The second-order valence-corrected chi connectivity index (χ2v) is 6.23. The lowest BCUT2D eigenvalue weighted by Crippen LogP contribution is -1.97. The Morgan fingerprint density at radius 3 is 1.73 bits per heavy atom. The topological polar surface area (TPSA) is 37.3 Å². The Balaban J connectivity index is 3.76. The fourth-order valence-corrected chi connectivity index (χ4v) is 2.36. The van der Waals surface area contributed by atoms with Gasteiger partial charge >= 0.3 is 5.97 Å².